The van der Waals surface area contributed by atoms with Gasteiger partial charge >= 0.3 is 12.0 Å². The molecule has 0 saturated carbocycles. The first-order valence-electron chi connectivity index (χ1n) is 10.7. The Hall–Kier alpha value is -2.28. The van der Waals surface area contributed by atoms with Crippen molar-refractivity contribution in [2.45, 2.75) is 71.3 Å². The zero-order valence-electron chi connectivity index (χ0n) is 18.0. The molecule has 0 aliphatic carbocycles. The Morgan fingerprint density at radius 3 is 2.23 bits per heavy atom. The molecule has 0 radical (unpaired) electrons. The normalized spacial score (nSPS) is 11.6. The molecule has 3 N–H and O–H groups in total. The fourth-order valence-corrected chi connectivity index (χ4v) is 3.27. The van der Waals surface area contributed by atoms with Crippen molar-refractivity contribution in [3.05, 3.63) is 29.3 Å². The number of nitrogens with one attached hydrogen (secondary N) is 2. The van der Waals surface area contributed by atoms with Crippen LogP contribution in [0, 0.1) is 0 Å². The number of carbonyl (C=O) groups is 3. The van der Waals surface area contributed by atoms with Crippen LogP contribution in [0.1, 0.15) is 65.2 Å². The molecule has 0 spiro atoms. The maximum atomic E-state index is 13.2. The maximum Gasteiger partial charge on any atom is 0.319 e. The second-order valence-electron chi connectivity index (χ2n) is 7.33. The number of urea groups is 1. The van der Waals surface area contributed by atoms with Crippen LogP contribution in [-0.2, 0) is 9.59 Å². The molecule has 0 saturated heterocycles. The van der Waals surface area contributed by atoms with Gasteiger partial charge in [0.2, 0.25) is 5.91 Å². The number of carboxylic acid groups (broad SMARTS) is 1. The van der Waals surface area contributed by atoms with E-state index in [4.69, 9.17) is 16.7 Å². The Balaban J connectivity index is 2.84. The number of carbonyl (C=O) groups excluding carboxylic acids is 2. The van der Waals surface area contributed by atoms with Crippen molar-refractivity contribution < 1.29 is 19.5 Å². The van der Waals surface area contributed by atoms with E-state index < -0.39 is 18.0 Å². The van der Waals surface area contributed by atoms with E-state index in [9.17, 15) is 14.4 Å². The number of aliphatic carboxylic acids is 1. The van der Waals surface area contributed by atoms with Gasteiger partial charge in [-0.25, -0.2) is 4.79 Å². The van der Waals surface area contributed by atoms with Crippen LogP contribution in [0.2, 0.25) is 5.02 Å². The van der Waals surface area contributed by atoms with Crippen LogP contribution >= 0.6 is 11.6 Å². The second-order valence-corrected chi connectivity index (χ2v) is 7.77. The van der Waals surface area contributed by atoms with Gasteiger partial charge in [0, 0.05) is 30.2 Å². The van der Waals surface area contributed by atoms with E-state index in [1.807, 2.05) is 0 Å². The predicted octanol–water partition coefficient (Wildman–Crippen LogP) is 4.90. The summed E-state index contributed by atoms with van der Waals surface area (Å²) in [4.78, 5) is 38.4. The summed E-state index contributed by atoms with van der Waals surface area (Å²) >= 11 is 5.93. The molecule has 0 bridgehead atoms. The van der Waals surface area contributed by atoms with Crippen molar-refractivity contribution in [3.63, 3.8) is 0 Å². The van der Waals surface area contributed by atoms with E-state index >= 15 is 0 Å². The molecule has 30 heavy (non-hydrogen) atoms. The third-order valence-electron chi connectivity index (χ3n) is 4.71. The number of hydrogen-bond acceptors (Lipinski definition) is 3. The molecule has 0 heterocycles. The molecular formula is C22H34ClN3O4. The summed E-state index contributed by atoms with van der Waals surface area (Å²) in [6, 6.07) is 5.20. The number of unbranched alkanes of at least 4 members (excludes halogenated alkanes) is 4. The van der Waals surface area contributed by atoms with E-state index in [1.54, 1.807) is 29.2 Å². The summed E-state index contributed by atoms with van der Waals surface area (Å²) in [5, 5.41) is 14.8. The van der Waals surface area contributed by atoms with Crippen molar-refractivity contribution in [3.8, 4) is 0 Å². The van der Waals surface area contributed by atoms with Crippen LogP contribution in [-0.4, -0.2) is 47.0 Å². The number of nitrogens with zero attached hydrogens (tertiary/aromatic N) is 1. The number of amides is 3. The SMILES string of the molecule is CCCCCN(CCCCC)C(=O)[C@H](CCC(=O)O)NC(=O)Nc1cccc(Cl)c1. The number of rotatable bonds is 14. The Labute approximate surface area is 184 Å². The number of anilines is 1. The first-order valence-corrected chi connectivity index (χ1v) is 11.1. The van der Waals surface area contributed by atoms with Gasteiger partial charge in [0.1, 0.15) is 6.04 Å². The molecule has 1 atom stereocenters. The minimum Gasteiger partial charge on any atom is -0.481 e. The highest BCUT2D eigenvalue weighted by Crippen LogP contribution is 2.15. The van der Waals surface area contributed by atoms with Gasteiger partial charge in [-0.05, 0) is 37.5 Å². The van der Waals surface area contributed by atoms with Crippen molar-refractivity contribution >= 4 is 35.2 Å². The summed E-state index contributed by atoms with van der Waals surface area (Å²) in [6.07, 6.45) is 5.71. The first kappa shape index (κ1) is 25.8. The highest BCUT2D eigenvalue weighted by Gasteiger charge is 2.26. The standard InChI is InChI=1S/C22H34ClN3O4/c1-3-5-7-14-26(15-8-6-4-2)21(29)19(12-13-20(27)28)25-22(30)24-18-11-9-10-17(23)16-18/h9-11,16,19H,3-8,12-15H2,1-2H3,(H,27,28)(H2,24,25,30)/t19-/m0/s1. The zero-order valence-corrected chi connectivity index (χ0v) is 18.7. The lowest BCUT2D eigenvalue weighted by atomic mass is 10.1. The second kappa shape index (κ2) is 14.7. The first-order chi connectivity index (χ1) is 14.4. The van der Waals surface area contributed by atoms with E-state index in [2.05, 4.69) is 24.5 Å². The third kappa shape index (κ3) is 10.5. The molecule has 8 heteroatoms. The summed E-state index contributed by atoms with van der Waals surface area (Å²) in [7, 11) is 0. The minimum absolute atomic E-state index is 0.0369. The number of carboxylic acids is 1. The van der Waals surface area contributed by atoms with Gasteiger partial charge in [0.05, 0.1) is 0 Å². The van der Waals surface area contributed by atoms with Gasteiger partial charge in [-0.15, -0.1) is 0 Å². The van der Waals surface area contributed by atoms with Crippen LogP contribution in [0.5, 0.6) is 0 Å². The summed E-state index contributed by atoms with van der Waals surface area (Å²) in [5.41, 5.74) is 0.493. The van der Waals surface area contributed by atoms with Crippen LogP contribution < -0.4 is 10.6 Å². The lowest BCUT2D eigenvalue weighted by Gasteiger charge is -2.28. The van der Waals surface area contributed by atoms with E-state index in [1.165, 1.54) is 0 Å². The molecule has 0 aromatic heterocycles. The maximum absolute atomic E-state index is 13.2. The van der Waals surface area contributed by atoms with Gasteiger partial charge < -0.3 is 20.6 Å². The fourth-order valence-electron chi connectivity index (χ4n) is 3.07. The van der Waals surface area contributed by atoms with Crippen LogP contribution in [0.4, 0.5) is 10.5 Å². The highest BCUT2D eigenvalue weighted by atomic mass is 35.5. The summed E-state index contributed by atoms with van der Waals surface area (Å²) in [6.45, 7) is 5.41. The van der Waals surface area contributed by atoms with Gasteiger partial charge in [-0.3, -0.25) is 9.59 Å². The molecule has 1 aromatic rings. The van der Waals surface area contributed by atoms with E-state index in [0.717, 1.165) is 38.5 Å². The minimum atomic E-state index is -1.01. The zero-order chi connectivity index (χ0) is 22.4. The Kier molecular flexibility index (Phi) is 12.6. The molecule has 1 rings (SSSR count). The summed E-state index contributed by atoms with van der Waals surface area (Å²) < 4.78 is 0. The smallest absolute Gasteiger partial charge is 0.319 e. The van der Waals surface area contributed by atoms with E-state index in [0.29, 0.717) is 23.8 Å². The molecule has 0 aliphatic rings. The largest absolute Gasteiger partial charge is 0.481 e. The number of benzene rings is 1. The van der Waals surface area contributed by atoms with Gasteiger partial charge in [0.25, 0.3) is 0 Å². The molecule has 0 aliphatic heterocycles. The topological polar surface area (TPSA) is 98.7 Å². The van der Waals surface area contributed by atoms with Gasteiger partial charge in [0.15, 0.2) is 0 Å². The monoisotopic (exact) mass is 439 g/mol. The van der Waals surface area contributed by atoms with Gasteiger partial charge in [-0.2, -0.15) is 0 Å². The van der Waals surface area contributed by atoms with Crippen LogP contribution in [0.15, 0.2) is 24.3 Å². The molecule has 3 amide bonds. The predicted molar refractivity (Wildman–Crippen MR) is 120 cm³/mol. The van der Waals surface area contributed by atoms with E-state index in [-0.39, 0.29) is 18.7 Å². The lowest BCUT2D eigenvalue weighted by molar-refractivity contribution is -0.138. The van der Waals surface area contributed by atoms with Crippen molar-refractivity contribution in [2.24, 2.45) is 0 Å². The molecule has 7 nitrogen and oxygen atoms in total. The molecule has 0 unspecified atom stereocenters. The molecule has 0 fully saturated rings. The molecular weight excluding hydrogens is 406 g/mol. The number of hydrogen-bond donors (Lipinski definition) is 3. The van der Waals surface area contributed by atoms with Crippen LogP contribution in [0.25, 0.3) is 0 Å². The highest BCUT2D eigenvalue weighted by molar-refractivity contribution is 6.30. The molecule has 1 aromatic carbocycles. The Morgan fingerprint density at radius 2 is 1.70 bits per heavy atom. The van der Waals surface area contributed by atoms with Crippen molar-refractivity contribution in [2.75, 3.05) is 18.4 Å². The average molecular weight is 440 g/mol. The fraction of sp³-hybridized carbons (Fsp3) is 0.591. The lowest BCUT2D eigenvalue weighted by Crippen LogP contribution is -2.50. The van der Waals surface area contributed by atoms with Crippen molar-refractivity contribution in [1.82, 2.24) is 10.2 Å². The van der Waals surface area contributed by atoms with Gasteiger partial charge in [-0.1, -0.05) is 57.2 Å². The summed E-state index contributed by atoms with van der Waals surface area (Å²) in [5.74, 6) is -1.24. The average Bonchev–Trinajstić information content (AvgIpc) is 2.69. The Bertz CT molecular complexity index is 674. The third-order valence-corrected chi connectivity index (χ3v) is 4.94. The van der Waals surface area contributed by atoms with Crippen molar-refractivity contribution in [1.29, 1.82) is 0 Å². The molecule has 168 valence electrons. The Morgan fingerprint density at radius 1 is 1.07 bits per heavy atom. The quantitative estimate of drug-likeness (QED) is 0.359. The van der Waals surface area contributed by atoms with Crippen LogP contribution in [0.3, 0.4) is 0 Å². The number of halogens is 1.